The molecule has 0 saturated carbocycles. The maximum Gasteiger partial charge on any atom is 0.233 e. The molecule has 2 unspecified atom stereocenters. The second kappa shape index (κ2) is 5.36. The van der Waals surface area contributed by atoms with Crippen molar-refractivity contribution >= 4 is 9.84 Å². The third-order valence-corrected chi connectivity index (χ3v) is 4.96. The summed E-state index contributed by atoms with van der Waals surface area (Å²) in [7, 11) is -2.91. The van der Waals surface area contributed by atoms with Crippen LogP contribution in [0, 0.1) is 0 Å². The van der Waals surface area contributed by atoms with Gasteiger partial charge < -0.3 is 9.73 Å². The number of nitrogens with one attached hydrogen (secondary N) is 1. The molecule has 0 amide bonds. The molecule has 7 heteroatoms. The van der Waals surface area contributed by atoms with Gasteiger partial charge in [-0.25, -0.2) is 8.42 Å². The van der Waals surface area contributed by atoms with Crippen molar-refractivity contribution in [2.45, 2.75) is 38.6 Å². The minimum Gasteiger partial charge on any atom is -0.423 e. The third-order valence-electron chi connectivity index (χ3n) is 3.19. The molecule has 0 aromatic carbocycles. The zero-order valence-corrected chi connectivity index (χ0v) is 11.5. The van der Waals surface area contributed by atoms with Crippen molar-refractivity contribution in [2.75, 3.05) is 18.1 Å². The van der Waals surface area contributed by atoms with Crippen LogP contribution in [0.5, 0.6) is 0 Å². The normalized spacial score (nSPS) is 24.2. The predicted octanol–water partition coefficient (Wildman–Crippen LogP) is 1.03. The van der Waals surface area contributed by atoms with Gasteiger partial charge in [0.1, 0.15) is 0 Å². The molecule has 1 aliphatic heterocycles. The van der Waals surface area contributed by atoms with Crippen LogP contribution in [0.15, 0.2) is 4.42 Å². The van der Waals surface area contributed by atoms with Gasteiger partial charge in [0.05, 0.1) is 23.5 Å². The Morgan fingerprint density at radius 3 is 2.78 bits per heavy atom. The van der Waals surface area contributed by atoms with E-state index in [0.29, 0.717) is 18.2 Å². The van der Waals surface area contributed by atoms with Crippen LogP contribution in [-0.4, -0.2) is 36.7 Å². The van der Waals surface area contributed by atoms with Crippen LogP contribution < -0.4 is 5.32 Å². The zero-order chi connectivity index (χ0) is 13.2. The fourth-order valence-electron chi connectivity index (χ4n) is 2.19. The summed E-state index contributed by atoms with van der Waals surface area (Å²) in [5, 5.41) is 11.3. The molecule has 1 aliphatic rings. The second-order valence-corrected chi connectivity index (χ2v) is 6.83. The summed E-state index contributed by atoms with van der Waals surface area (Å²) in [5.41, 5.74) is 0. The monoisotopic (exact) mass is 273 g/mol. The molecular weight excluding hydrogens is 254 g/mol. The summed E-state index contributed by atoms with van der Waals surface area (Å²) >= 11 is 0. The molecule has 2 heterocycles. The van der Waals surface area contributed by atoms with Crippen LogP contribution in [-0.2, 0) is 9.84 Å². The Bertz CT molecular complexity index is 497. The van der Waals surface area contributed by atoms with Gasteiger partial charge in [-0.15, -0.1) is 10.2 Å². The fourth-order valence-corrected chi connectivity index (χ4v) is 3.93. The molecule has 1 aromatic heterocycles. The maximum absolute atomic E-state index is 11.4. The molecule has 0 radical (unpaired) electrons. The lowest BCUT2D eigenvalue weighted by Crippen LogP contribution is -2.20. The van der Waals surface area contributed by atoms with E-state index in [-0.39, 0.29) is 23.5 Å². The predicted molar refractivity (Wildman–Crippen MR) is 67.0 cm³/mol. The Kier molecular flexibility index (Phi) is 4.01. The first kappa shape index (κ1) is 13.5. The third kappa shape index (κ3) is 2.89. The first-order chi connectivity index (χ1) is 8.55. The van der Waals surface area contributed by atoms with Gasteiger partial charge >= 0.3 is 0 Å². The van der Waals surface area contributed by atoms with E-state index in [1.165, 1.54) is 0 Å². The fraction of sp³-hybridized carbons (Fsp3) is 0.818. The van der Waals surface area contributed by atoms with Gasteiger partial charge in [0.25, 0.3) is 0 Å². The Hall–Kier alpha value is -0.950. The molecule has 2 rings (SSSR count). The standard InChI is InChI=1S/C11H19N3O3S/c1-3-9(12-4-2)11-14-13-10(17-11)8-5-6-18(15,16)7-8/h8-9,12H,3-7H2,1-2H3. The highest BCUT2D eigenvalue weighted by atomic mass is 32.2. The molecule has 1 aromatic rings. The van der Waals surface area contributed by atoms with Crippen molar-refractivity contribution in [1.82, 2.24) is 15.5 Å². The second-order valence-electron chi connectivity index (χ2n) is 4.60. The highest BCUT2D eigenvalue weighted by Gasteiger charge is 2.33. The van der Waals surface area contributed by atoms with Gasteiger partial charge in [-0.3, -0.25) is 0 Å². The average Bonchev–Trinajstić information content (AvgIpc) is 2.92. The van der Waals surface area contributed by atoms with Gasteiger partial charge in [-0.05, 0) is 19.4 Å². The van der Waals surface area contributed by atoms with Gasteiger partial charge in [-0.1, -0.05) is 13.8 Å². The van der Waals surface area contributed by atoms with Crippen LogP contribution in [0.2, 0.25) is 0 Å². The number of hydrogen-bond donors (Lipinski definition) is 1. The van der Waals surface area contributed by atoms with E-state index in [1.807, 2.05) is 13.8 Å². The molecular formula is C11H19N3O3S. The lowest BCUT2D eigenvalue weighted by atomic mass is 10.1. The molecule has 6 nitrogen and oxygen atoms in total. The molecule has 2 atom stereocenters. The lowest BCUT2D eigenvalue weighted by Gasteiger charge is -2.10. The van der Waals surface area contributed by atoms with E-state index in [9.17, 15) is 8.42 Å². The van der Waals surface area contributed by atoms with Crippen molar-refractivity contribution in [3.8, 4) is 0 Å². The molecule has 1 fully saturated rings. The first-order valence-corrected chi connectivity index (χ1v) is 8.15. The largest absolute Gasteiger partial charge is 0.423 e. The van der Waals surface area contributed by atoms with E-state index in [4.69, 9.17) is 4.42 Å². The Morgan fingerprint density at radius 2 is 2.22 bits per heavy atom. The van der Waals surface area contributed by atoms with E-state index >= 15 is 0 Å². The summed E-state index contributed by atoms with van der Waals surface area (Å²) in [5.74, 6) is 1.24. The molecule has 0 spiro atoms. The number of rotatable bonds is 5. The van der Waals surface area contributed by atoms with Crippen molar-refractivity contribution in [2.24, 2.45) is 0 Å². The summed E-state index contributed by atoms with van der Waals surface area (Å²) < 4.78 is 28.4. The Labute approximate surface area is 107 Å². The van der Waals surface area contributed by atoms with Gasteiger partial charge in [0.2, 0.25) is 11.8 Å². The summed E-state index contributed by atoms with van der Waals surface area (Å²) in [6, 6.07) is 0.0502. The van der Waals surface area contributed by atoms with Crippen molar-refractivity contribution in [3.63, 3.8) is 0 Å². The number of aromatic nitrogens is 2. The molecule has 0 aliphatic carbocycles. The maximum atomic E-state index is 11.4. The van der Waals surface area contributed by atoms with Crippen LogP contribution in [0.3, 0.4) is 0 Å². The minimum absolute atomic E-state index is 0.0502. The van der Waals surface area contributed by atoms with Crippen LogP contribution >= 0.6 is 0 Å². The van der Waals surface area contributed by atoms with E-state index < -0.39 is 9.84 Å². The van der Waals surface area contributed by atoms with Gasteiger partial charge in [-0.2, -0.15) is 0 Å². The van der Waals surface area contributed by atoms with Crippen molar-refractivity contribution in [3.05, 3.63) is 11.8 Å². The molecule has 1 N–H and O–H groups in total. The SMILES string of the molecule is CCNC(CC)c1nnc(C2CCS(=O)(=O)C2)o1. The summed E-state index contributed by atoms with van der Waals surface area (Å²) in [6.07, 6.45) is 1.44. The van der Waals surface area contributed by atoms with Gasteiger partial charge in [0, 0.05) is 0 Å². The first-order valence-electron chi connectivity index (χ1n) is 6.32. The lowest BCUT2D eigenvalue weighted by molar-refractivity contribution is 0.366. The number of sulfone groups is 1. The quantitative estimate of drug-likeness (QED) is 0.862. The number of hydrogen-bond acceptors (Lipinski definition) is 6. The smallest absolute Gasteiger partial charge is 0.233 e. The zero-order valence-electron chi connectivity index (χ0n) is 10.7. The molecule has 1 saturated heterocycles. The van der Waals surface area contributed by atoms with E-state index in [1.54, 1.807) is 0 Å². The highest BCUT2D eigenvalue weighted by molar-refractivity contribution is 7.91. The minimum atomic E-state index is -2.91. The van der Waals surface area contributed by atoms with Crippen molar-refractivity contribution < 1.29 is 12.8 Å². The van der Waals surface area contributed by atoms with E-state index in [0.717, 1.165) is 13.0 Å². The summed E-state index contributed by atoms with van der Waals surface area (Å²) in [4.78, 5) is 0. The molecule has 18 heavy (non-hydrogen) atoms. The van der Waals surface area contributed by atoms with Gasteiger partial charge in [0.15, 0.2) is 9.84 Å². The Balaban J connectivity index is 2.11. The highest BCUT2D eigenvalue weighted by Crippen LogP contribution is 2.29. The van der Waals surface area contributed by atoms with E-state index in [2.05, 4.69) is 15.5 Å². The molecule has 0 bridgehead atoms. The topological polar surface area (TPSA) is 85.1 Å². The Morgan fingerprint density at radius 1 is 1.44 bits per heavy atom. The number of nitrogens with zero attached hydrogens (tertiary/aromatic N) is 2. The van der Waals surface area contributed by atoms with Crippen molar-refractivity contribution in [1.29, 1.82) is 0 Å². The van der Waals surface area contributed by atoms with Crippen LogP contribution in [0.25, 0.3) is 0 Å². The van der Waals surface area contributed by atoms with Crippen LogP contribution in [0.1, 0.15) is 50.4 Å². The molecule has 102 valence electrons. The average molecular weight is 273 g/mol. The summed E-state index contributed by atoms with van der Waals surface area (Å²) in [6.45, 7) is 4.88. The van der Waals surface area contributed by atoms with Crippen LogP contribution in [0.4, 0.5) is 0 Å².